The van der Waals surface area contributed by atoms with E-state index in [-0.39, 0.29) is 0 Å². The van der Waals surface area contributed by atoms with E-state index in [4.69, 9.17) is 46.9 Å². The molecule has 0 aromatic rings. The summed E-state index contributed by atoms with van der Waals surface area (Å²) in [5.74, 6) is -7.27. The number of alkyl halides is 2. The van der Waals surface area contributed by atoms with Crippen LogP contribution in [0.3, 0.4) is 0 Å². The molecule has 0 spiro atoms. The fourth-order valence-corrected chi connectivity index (χ4v) is 6.63. The summed E-state index contributed by atoms with van der Waals surface area (Å²) < 4.78 is 27.5. The summed E-state index contributed by atoms with van der Waals surface area (Å²) in [5, 5.41) is 21.9. The van der Waals surface area contributed by atoms with Crippen LogP contribution in [0, 0.1) is 11.8 Å². The lowest BCUT2D eigenvalue weighted by Crippen LogP contribution is -2.66. The lowest BCUT2D eigenvalue weighted by molar-refractivity contribution is -0.355. The minimum atomic E-state index is -2.29. The summed E-state index contributed by atoms with van der Waals surface area (Å²) in [6.07, 6.45) is -1.65. The minimum Gasteiger partial charge on any atom is -0.360 e. The van der Waals surface area contributed by atoms with Crippen LogP contribution in [0.15, 0.2) is 0 Å². The molecule has 9 heteroatoms. The minimum absolute atomic E-state index is 0.514. The molecule has 3 saturated heterocycles. The van der Waals surface area contributed by atoms with Crippen LogP contribution in [0.5, 0.6) is 0 Å². The summed E-state index contributed by atoms with van der Waals surface area (Å²) >= 11 is 13.5. The van der Waals surface area contributed by atoms with E-state index in [1.807, 2.05) is 0 Å². The van der Waals surface area contributed by atoms with Crippen LogP contribution in [0.25, 0.3) is 0 Å². The molecule has 0 radical (unpaired) electrons. The van der Waals surface area contributed by atoms with Gasteiger partial charge in [-0.1, -0.05) is 0 Å². The van der Waals surface area contributed by atoms with Crippen molar-refractivity contribution in [3.63, 3.8) is 0 Å². The van der Waals surface area contributed by atoms with Gasteiger partial charge in [0, 0.05) is 14.2 Å². The zero-order valence-electron chi connectivity index (χ0n) is 10.5. The standard InChI is InChI=1S/C11H12Cl2O7/c1-16-11(17-2)7(12)3-4-6-18-5(3)19-9(7,14)10(15,20-6)8(4,11)13/h3-6,14-15H,1-2H3/t3-,4+,5-,6+,7+,8-,9+,10-. The summed E-state index contributed by atoms with van der Waals surface area (Å²) in [6.45, 7) is 0. The predicted molar refractivity (Wildman–Crippen MR) is 61.6 cm³/mol. The van der Waals surface area contributed by atoms with Crippen LogP contribution in [-0.4, -0.2) is 64.1 Å². The van der Waals surface area contributed by atoms with Gasteiger partial charge >= 0.3 is 0 Å². The van der Waals surface area contributed by atoms with Gasteiger partial charge < -0.3 is 33.9 Å². The van der Waals surface area contributed by atoms with Crippen LogP contribution in [-0.2, 0) is 23.7 Å². The molecule has 3 heterocycles. The van der Waals surface area contributed by atoms with Crippen molar-refractivity contribution in [1.82, 2.24) is 0 Å². The highest BCUT2D eigenvalue weighted by molar-refractivity contribution is 6.33. The zero-order valence-corrected chi connectivity index (χ0v) is 12.0. The SMILES string of the molecule is COC1(OC)[C@]2(Cl)[C@H]3[C@@H]4O[C@H]5O[C@@](O)([C@@]2(O)O4)[C@]1(Cl)[C@H]53. The lowest BCUT2D eigenvalue weighted by atomic mass is 9.77. The Balaban J connectivity index is 1.94. The Labute approximate surface area is 123 Å². The van der Waals surface area contributed by atoms with Crippen molar-refractivity contribution >= 4 is 23.2 Å². The van der Waals surface area contributed by atoms with E-state index in [1.165, 1.54) is 14.2 Å². The summed E-state index contributed by atoms with van der Waals surface area (Å²) in [4.78, 5) is -3.28. The van der Waals surface area contributed by atoms with Gasteiger partial charge in [0.1, 0.15) is 0 Å². The van der Waals surface area contributed by atoms with Gasteiger partial charge in [-0.2, -0.15) is 0 Å². The molecule has 5 rings (SSSR count). The molecule has 2 aliphatic carbocycles. The number of aliphatic hydroxyl groups is 2. The van der Waals surface area contributed by atoms with Crippen molar-refractivity contribution in [1.29, 1.82) is 0 Å². The third-order valence-corrected chi connectivity index (χ3v) is 7.23. The first-order chi connectivity index (χ1) is 9.29. The molecule has 0 aromatic heterocycles. The molecule has 2 N–H and O–H groups in total. The molecule has 7 nitrogen and oxygen atoms in total. The Morgan fingerprint density at radius 2 is 1.30 bits per heavy atom. The maximum absolute atomic E-state index is 10.9. The molecule has 3 aliphatic heterocycles. The van der Waals surface area contributed by atoms with Gasteiger partial charge in [-0.3, -0.25) is 0 Å². The van der Waals surface area contributed by atoms with Gasteiger partial charge in [-0.15, -0.1) is 23.2 Å². The van der Waals surface area contributed by atoms with Crippen LogP contribution in [0.4, 0.5) is 0 Å². The van der Waals surface area contributed by atoms with Crippen molar-refractivity contribution in [2.75, 3.05) is 14.2 Å². The highest BCUT2D eigenvalue weighted by atomic mass is 35.5. The topological polar surface area (TPSA) is 86.6 Å². The van der Waals surface area contributed by atoms with Gasteiger partial charge in [0.05, 0.1) is 11.8 Å². The number of hydrogen-bond donors (Lipinski definition) is 2. The van der Waals surface area contributed by atoms with Crippen molar-refractivity contribution in [2.45, 2.75) is 39.7 Å². The van der Waals surface area contributed by atoms with E-state index < -0.39 is 51.5 Å². The van der Waals surface area contributed by atoms with Gasteiger partial charge in [0.15, 0.2) is 22.3 Å². The van der Waals surface area contributed by atoms with Crippen LogP contribution >= 0.6 is 23.2 Å². The predicted octanol–water partition coefficient (Wildman–Crippen LogP) is -0.690. The van der Waals surface area contributed by atoms with Gasteiger partial charge in [-0.05, 0) is 0 Å². The molecule has 8 atom stereocenters. The van der Waals surface area contributed by atoms with Crippen molar-refractivity contribution in [3.05, 3.63) is 0 Å². The van der Waals surface area contributed by atoms with E-state index in [1.54, 1.807) is 0 Å². The normalized spacial score (nSPS) is 70.5. The van der Waals surface area contributed by atoms with Crippen molar-refractivity contribution in [3.8, 4) is 0 Å². The third kappa shape index (κ3) is 0.687. The van der Waals surface area contributed by atoms with E-state index in [2.05, 4.69) is 0 Å². The van der Waals surface area contributed by atoms with Crippen molar-refractivity contribution in [2.24, 2.45) is 11.8 Å². The molecule has 0 unspecified atom stereocenters. The highest BCUT2D eigenvalue weighted by Gasteiger charge is 3.08. The number of rotatable bonds is 2. The molecule has 2 saturated carbocycles. The molecule has 5 fully saturated rings. The van der Waals surface area contributed by atoms with Crippen LogP contribution in [0.2, 0.25) is 0 Å². The van der Waals surface area contributed by atoms with Crippen molar-refractivity contribution < 1.29 is 33.9 Å². The van der Waals surface area contributed by atoms with E-state index in [0.717, 1.165) is 0 Å². The molecule has 5 aliphatic rings. The smallest absolute Gasteiger partial charge is 0.251 e. The van der Waals surface area contributed by atoms with E-state index >= 15 is 0 Å². The fraction of sp³-hybridized carbons (Fsp3) is 1.00. The Morgan fingerprint density at radius 1 is 0.900 bits per heavy atom. The monoisotopic (exact) mass is 326 g/mol. The summed E-state index contributed by atoms with van der Waals surface area (Å²) in [7, 11) is 2.71. The first-order valence-corrected chi connectivity index (χ1v) is 6.98. The number of ether oxygens (including phenoxy) is 5. The first-order valence-electron chi connectivity index (χ1n) is 6.23. The van der Waals surface area contributed by atoms with E-state index in [9.17, 15) is 10.2 Å². The average Bonchev–Trinajstić information content (AvgIpc) is 2.94. The largest absolute Gasteiger partial charge is 0.360 e. The van der Waals surface area contributed by atoms with Crippen LogP contribution in [0.1, 0.15) is 0 Å². The maximum Gasteiger partial charge on any atom is 0.251 e. The molecule has 112 valence electrons. The Morgan fingerprint density at radius 3 is 1.65 bits per heavy atom. The highest BCUT2D eigenvalue weighted by Crippen LogP contribution is 2.86. The zero-order chi connectivity index (χ0) is 14.3. The molecule has 0 amide bonds. The van der Waals surface area contributed by atoms with Crippen LogP contribution < -0.4 is 0 Å². The molecule has 0 aromatic carbocycles. The van der Waals surface area contributed by atoms with Gasteiger partial charge in [-0.25, -0.2) is 0 Å². The quantitative estimate of drug-likeness (QED) is 0.513. The second-order valence-corrected chi connectivity index (χ2v) is 7.09. The van der Waals surface area contributed by atoms with Gasteiger partial charge in [0.2, 0.25) is 5.79 Å². The molecular weight excluding hydrogens is 315 g/mol. The van der Waals surface area contributed by atoms with E-state index in [0.29, 0.717) is 0 Å². The number of halogens is 2. The average molecular weight is 327 g/mol. The Bertz CT molecular complexity index is 501. The molecule has 2 bridgehead atoms. The maximum atomic E-state index is 10.9. The number of fused-ring (bicyclic) bond motifs is 1. The number of hydrogen-bond acceptors (Lipinski definition) is 7. The fourth-order valence-electron chi connectivity index (χ4n) is 5.15. The second kappa shape index (κ2) is 2.89. The lowest BCUT2D eigenvalue weighted by Gasteiger charge is -2.40. The van der Waals surface area contributed by atoms with Gasteiger partial charge in [0.25, 0.3) is 11.6 Å². The third-order valence-electron chi connectivity index (χ3n) is 5.71. The summed E-state index contributed by atoms with van der Waals surface area (Å²) in [5.41, 5.74) is 0. The molecular formula is C11H12Cl2O7. The second-order valence-electron chi connectivity index (χ2n) is 5.90. The molecule has 20 heavy (non-hydrogen) atoms. The Kier molecular flexibility index (Phi) is 1.85. The Hall–Kier alpha value is 0.300. The number of methoxy groups -OCH3 is 2. The summed E-state index contributed by atoms with van der Waals surface area (Å²) in [6, 6.07) is 0. The first kappa shape index (κ1) is 12.8.